The summed E-state index contributed by atoms with van der Waals surface area (Å²) >= 11 is 0. The molecule has 1 atom stereocenters. The van der Waals surface area contributed by atoms with Crippen LogP contribution in [0, 0.1) is 12.8 Å². The molecule has 1 aliphatic rings. The van der Waals surface area contributed by atoms with Crippen molar-refractivity contribution in [3.8, 4) is 0 Å². The Morgan fingerprint density at radius 2 is 2.09 bits per heavy atom. The van der Waals surface area contributed by atoms with Gasteiger partial charge in [-0.3, -0.25) is 14.8 Å². The monoisotopic (exact) mass is 309 g/mol. The van der Waals surface area contributed by atoms with Gasteiger partial charge in [-0.1, -0.05) is 13.8 Å². The topological polar surface area (TPSA) is 85.4 Å². The molecule has 2 rings (SSSR count). The smallest absolute Gasteiger partial charge is 0.225 e. The first-order valence-electron chi connectivity index (χ1n) is 8.10. The molecule has 1 saturated heterocycles. The number of H-pyrrole nitrogens is 1. The lowest BCUT2D eigenvalue weighted by atomic mass is 10.0. The highest BCUT2D eigenvalue weighted by molar-refractivity contribution is 5.78. The van der Waals surface area contributed by atoms with E-state index in [1.54, 1.807) is 0 Å². The molecule has 1 aromatic rings. The summed E-state index contributed by atoms with van der Waals surface area (Å²) in [7, 11) is 0. The number of carbonyl (C=O) groups is 1. The first-order chi connectivity index (χ1) is 10.5. The lowest BCUT2D eigenvalue weighted by Crippen LogP contribution is -2.41. The van der Waals surface area contributed by atoms with E-state index in [1.165, 1.54) is 0 Å². The highest BCUT2D eigenvalue weighted by Gasteiger charge is 2.28. The first-order valence-corrected chi connectivity index (χ1v) is 8.10. The molecule has 1 amide bonds. The Hall–Kier alpha value is -1.47. The molecule has 7 nitrogen and oxygen atoms in total. The van der Waals surface area contributed by atoms with Crippen molar-refractivity contribution < 1.29 is 9.90 Å². The molecule has 0 radical (unpaired) electrons. The minimum atomic E-state index is -0.527. The van der Waals surface area contributed by atoms with E-state index >= 15 is 0 Å². The lowest BCUT2D eigenvalue weighted by Gasteiger charge is -2.25. The second-order valence-corrected chi connectivity index (χ2v) is 6.02. The van der Waals surface area contributed by atoms with Gasteiger partial charge in [0.1, 0.15) is 5.82 Å². The number of aromatic amines is 1. The lowest BCUT2D eigenvalue weighted by molar-refractivity contribution is -0.136. The minimum absolute atomic E-state index is 0.0643. The second-order valence-electron chi connectivity index (χ2n) is 6.02. The standard InChI is InChI=1S/C15H27N5O2/c1-4-12(5-2)15(22)20-7-6-19(8-13(21)9-20)10-14-16-11(3)17-18-14/h12-13,21H,4-10H2,1-3H3,(H,16,17,18)/t13-/m0/s1. The molecule has 0 saturated carbocycles. The highest BCUT2D eigenvalue weighted by Crippen LogP contribution is 2.15. The number of carbonyl (C=O) groups excluding carboxylic acids is 1. The van der Waals surface area contributed by atoms with Crippen molar-refractivity contribution in [2.45, 2.75) is 46.3 Å². The SMILES string of the molecule is CCC(CC)C(=O)N1CCN(Cc2n[nH]c(C)n2)C[C@H](O)C1. The van der Waals surface area contributed by atoms with Crippen LogP contribution in [0.25, 0.3) is 0 Å². The van der Waals surface area contributed by atoms with Gasteiger partial charge in [0.15, 0.2) is 5.82 Å². The van der Waals surface area contributed by atoms with E-state index in [0.29, 0.717) is 26.2 Å². The van der Waals surface area contributed by atoms with Crippen LogP contribution < -0.4 is 0 Å². The molecule has 1 aromatic heterocycles. The van der Waals surface area contributed by atoms with Crippen LogP contribution in [0.15, 0.2) is 0 Å². The van der Waals surface area contributed by atoms with Crippen molar-refractivity contribution in [3.05, 3.63) is 11.6 Å². The Morgan fingerprint density at radius 1 is 1.36 bits per heavy atom. The highest BCUT2D eigenvalue weighted by atomic mass is 16.3. The molecule has 0 bridgehead atoms. The third-order valence-corrected chi connectivity index (χ3v) is 4.24. The van der Waals surface area contributed by atoms with Crippen molar-refractivity contribution in [3.63, 3.8) is 0 Å². The molecule has 0 spiro atoms. The molecule has 2 heterocycles. The number of nitrogens with zero attached hydrogens (tertiary/aromatic N) is 4. The Morgan fingerprint density at radius 3 is 2.68 bits per heavy atom. The number of β-amino-alcohol motifs (C(OH)–C–C–N with tert-alkyl or cyclic N) is 1. The Labute approximate surface area is 131 Å². The largest absolute Gasteiger partial charge is 0.390 e. The summed E-state index contributed by atoms with van der Waals surface area (Å²) in [5, 5.41) is 17.2. The number of hydrogen-bond donors (Lipinski definition) is 2. The van der Waals surface area contributed by atoms with Gasteiger partial charge in [-0.15, -0.1) is 0 Å². The average Bonchev–Trinajstić information content (AvgIpc) is 2.79. The van der Waals surface area contributed by atoms with Gasteiger partial charge >= 0.3 is 0 Å². The number of nitrogens with one attached hydrogen (secondary N) is 1. The van der Waals surface area contributed by atoms with Crippen LogP contribution in [-0.2, 0) is 11.3 Å². The molecule has 22 heavy (non-hydrogen) atoms. The van der Waals surface area contributed by atoms with Crippen LogP contribution in [0.4, 0.5) is 0 Å². The summed E-state index contributed by atoms with van der Waals surface area (Å²) in [6, 6.07) is 0. The predicted octanol–water partition coefficient (Wildman–Crippen LogP) is 0.554. The summed E-state index contributed by atoms with van der Waals surface area (Å²) in [5.74, 6) is 1.74. The third kappa shape index (κ3) is 4.27. The van der Waals surface area contributed by atoms with Crippen LogP contribution in [0.2, 0.25) is 0 Å². The molecule has 0 aliphatic carbocycles. The molecule has 2 N–H and O–H groups in total. The predicted molar refractivity (Wildman–Crippen MR) is 83.1 cm³/mol. The number of hydrogen-bond acceptors (Lipinski definition) is 5. The van der Waals surface area contributed by atoms with E-state index in [0.717, 1.165) is 31.0 Å². The van der Waals surface area contributed by atoms with Gasteiger partial charge < -0.3 is 10.0 Å². The number of rotatable bonds is 5. The normalized spacial score (nSPS) is 20.4. The molecule has 1 aliphatic heterocycles. The van der Waals surface area contributed by atoms with E-state index in [4.69, 9.17) is 0 Å². The van der Waals surface area contributed by atoms with Crippen LogP contribution in [0.5, 0.6) is 0 Å². The van der Waals surface area contributed by atoms with Gasteiger partial charge in [0.2, 0.25) is 5.91 Å². The van der Waals surface area contributed by atoms with Gasteiger partial charge in [0.25, 0.3) is 0 Å². The fourth-order valence-corrected chi connectivity index (χ4v) is 2.95. The number of aliphatic hydroxyl groups is 1. The maximum Gasteiger partial charge on any atom is 0.225 e. The zero-order valence-electron chi connectivity index (χ0n) is 13.7. The van der Waals surface area contributed by atoms with Crippen molar-refractivity contribution in [2.75, 3.05) is 26.2 Å². The minimum Gasteiger partial charge on any atom is -0.390 e. The summed E-state index contributed by atoms with van der Waals surface area (Å²) in [4.78, 5) is 20.7. The van der Waals surface area contributed by atoms with Crippen molar-refractivity contribution in [1.29, 1.82) is 0 Å². The van der Waals surface area contributed by atoms with Crippen LogP contribution in [-0.4, -0.2) is 68.3 Å². The zero-order valence-corrected chi connectivity index (χ0v) is 13.7. The summed E-state index contributed by atoms with van der Waals surface area (Å²) in [5.41, 5.74) is 0. The van der Waals surface area contributed by atoms with Gasteiger partial charge in [0, 0.05) is 32.1 Å². The van der Waals surface area contributed by atoms with Crippen molar-refractivity contribution >= 4 is 5.91 Å². The zero-order chi connectivity index (χ0) is 16.1. The molecule has 0 unspecified atom stereocenters. The molecule has 7 heteroatoms. The maximum absolute atomic E-state index is 12.5. The van der Waals surface area contributed by atoms with Crippen LogP contribution in [0.1, 0.15) is 38.3 Å². The molecular weight excluding hydrogens is 282 g/mol. The van der Waals surface area contributed by atoms with E-state index in [1.807, 2.05) is 25.7 Å². The third-order valence-electron chi connectivity index (χ3n) is 4.24. The Kier molecular flexibility index (Phi) is 5.90. The molecule has 1 fully saturated rings. The quantitative estimate of drug-likeness (QED) is 0.830. The number of aliphatic hydroxyl groups excluding tert-OH is 1. The van der Waals surface area contributed by atoms with E-state index in [-0.39, 0.29) is 11.8 Å². The molecular formula is C15H27N5O2. The van der Waals surface area contributed by atoms with Crippen molar-refractivity contribution in [1.82, 2.24) is 25.0 Å². The maximum atomic E-state index is 12.5. The number of amides is 1. The summed E-state index contributed by atoms with van der Waals surface area (Å²) in [6.45, 7) is 8.88. The number of aryl methyl sites for hydroxylation is 1. The first kappa shape index (κ1) is 16.9. The number of aromatic nitrogens is 3. The fourth-order valence-electron chi connectivity index (χ4n) is 2.95. The van der Waals surface area contributed by atoms with E-state index in [2.05, 4.69) is 20.1 Å². The van der Waals surface area contributed by atoms with Gasteiger partial charge in [-0.05, 0) is 19.8 Å². The summed E-state index contributed by atoms with van der Waals surface area (Å²) in [6.07, 6.45) is 1.17. The van der Waals surface area contributed by atoms with Crippen LogP contribution in [0.3, 0.4) is 0 Å². The fraction of sp³-hybridized carbons (Fsp3) is 0.800. The van der Waals surface area contributed by atoms with Crippen molar-refractivity contribution in [2.24, 2.45) is 5.92 Å². The molecule has 124 valence electrons. The Bertz CT molecular complexity index is 486. The van der Waals surface area contributed by atoms with Crippen LogP contribution >= 0.6 is 0 Å². The molecule has 0 aromatic carbocycles. The summed E-state index contributed by atoms with van der Waals surface area (Å²) < 4.78 is 0. The Balaban J connectivity index is 1.96. The van der Waals surface area contributed by atoms with E-state index in [9.17, 15) is 9.90 Å². The van der Waals surface area contributed by atoms with Gasteiger partial charge in [0.05, 0.1) is 12.6 Å². The average molecular weight is 309 g/mol. The van der Waals surface area contributed by atoms with E-state index < -0.39 is 6.10 Å². The van der Waals surface area contributed by atoms with Gasteiger partial charge in [-0.25, -0.2) is 4.98 Å². The second kappa shape index (κ2) is 7.69. The van der Waals surface area contributed by atoms with Gasteiger partial charge in [-0.2, -0.15) is 5.10 Å².